The van der Waals surface area contributed by atoms with Gasteiger partial charge < -0.3 is 15.4 Å². The number of likely N-dealkylation sites (tertiary alicyclic amines) is 1. The third kappa shape index (κ3) is 6.19. The molecular formula is C23H33N5O. The normalized spacial score (nSPS) is 15.9. The minimum atomic E-state index is 0.310. The molecule has 0 spiro atoms. The minimum Gasteiger partial charge on any atom is -0.497 e. The Morgan fingerprint density at radius 3 is 2.55 bits per heavy atom. The maximum absolute atomic E-state index is 5.32. The Hall–Kier alpha value is -2.60. The van der Waals surface area contributed by atoms with Crippen LogP contribution in [0.15, 0.2) is 47.5 Å². The number of nitrogens with one attached hydrogen (secondary N) is 2. The molecule has 1 atom stereocenters. The molecule has 2 heterocycles. The summed E-state index contributed by atoms with van der Waals surface area (Å²) in [5.74, 6) is 1.72. The van der Waals surface area contributed by atoms with Gasteiger partial charge in [0.25, 0.3) is 0 Å². The number of aryl methyl sites for hydroxylation is 1. The number of nitrogens with zero attached hydrogens (tertiary/aromatic N) is 3. The van der Waals surface area contributed by atoms with Gasteiger partial charge in [0, 0.05) is 18.8 Å². The molecule has 0 aliphatic carbocycles. The largest absolute Gasteiger partial charge is 0.497 e. The van der Waals surface area contributed by atoms with Crippen LogP contribution in [-0.4, -0.2) is 49.1 Å². The van der Waals surface area contributed by atoms with Crippen LogP contribution < -0.4 is 15.4 Å². The fourth-order valence-electron chi connectivity index (χ4n) is 3.72. The standard InChI is InChI=1S/C23H33N5O/c1-4-24-23(25-16-20-9-7-8-18(2)27-20)26-17-22(28-14-5-6-15-28)19-10-12-21(29-3)13-11-19/h7-13,22H,4-6,14-17H2,1-3H3,(H2,24,25,26). The number of benzene rings is 1. The maximum atomic E-state index is 5.32. The number of hydrogen-bond acceptors (Lipinski definition) is 4. The van der Waals surface area contributed by atoms with Crippen molar-refractivity contribution in [2.75, 3.05) is 33.3 Å². The molecule has 0 radical (unpaired) electrons. The molecule has 0 amide bonds. The molecule has 0 bridgehead atoms. The molecule has 1 aromatic carbocycles. The zero-order valence-corrected chi connectivity index (χ0v) is 17.8. The van der Waals surface area contributed by atoms with Crippen LogP contribution in [0.25, 0.3) is 0 Å². The molecule has 6 heteroatoms. The number of pyridine rings is 1. The van der Waals surface area contributed by atoms with E-state index in [1.807, 2.05) is 37.3 Å². The Labute approximate surface area is 174 Å². The predicted molar refractivity (Wildman–Crippen MR) is 118 cm³/mol. The van der Waals surface area contributed by atoms with Crippen molar-refractivity contribution in [3.8, 4) is 5.75 Å². The highest BCUT2D eigenvalue weighted by Crippen LogP contribution is 2.26. The third-order valence-electron chi connectivity index (χ3n) is 5.23. The minimum absolute atomic E-state index is 0.310. The van der Waals surface area contributed by atoms with E-state index < -0.39 is 0 Å². The number of methoxy groups -OCH3 is 1. The molecule has 1 unspecified atom stereocenters. The SMILES string of the molecule is CCNC(=NCc1cccc(C)n1)NCC(c1ccc(OC)cc1)N1CCCC1. The summed E-state index contributed by atoms with van der Waals surface area (Å²) < 4.78 is 5.32. The van der Waals surface area contributed by atoms with E-state index in [0.717, 1.165) is 49.3 Å². The van der Waals surface area contributed by atoms with Crippen LogP contribution in [0.5, 0.6) is 5.75 Å². The lowest BCUT2D eigenvalue weighted by Crippen LogP contribution is -2.42. The lowest BCUT2D eigenvalue weighted by Gasteiger charge is -2.29. The second kappa shape index (κ2) is 10.8. The molecule has 2 N–H and O–H groups in total. The second-order valence-corrected chi connectivity index (χ2v) is 7.38. The van der Waals surface area contributed by atoms with Crippen molar-refractivity contribution in [2.24, 2.45) is 4.99 Å². The van der Waals surface area contributed by atoms with Crippen molar-refractivity contribution < 1.29 is 4.74 Å². The first-order valence-corrected chi connectivity index (χ1v) is 10.5. The smallest absolute Gasteiger partial charge is 0.191 e. The highest BCUT2D eigenvalue weighted by atomic mass is 16.5. The average Bonchev–Trinajstić information content (AvgIpc) is 3.27. The number of rotatable bonds is 8. The van der Waals surface area contributed by atoms with Gasteiger partial charge in [0.2, 0.25) is 0 Å². The predicted octanol–water partition coefficient (Wildman–Crippen LogP) is 3.29. The molecule has 1 fully saturated rings. The van der Waals surface area contributed by atoms with Crippen LogP contribution in [0.3, 0.4) is 0 Å². The van der Waals surface area contributed by atoms with Gasteiger partial charge in [-0.1, -0.05) is 18.2 Å². The van der Waals surface area contributed by atoms with E-state index in [-0.39, 0.29) is 0 Å². The zero-order valence-electron chi connectivity index (χ0n) is 17.8. The van der Waals surface area contributed by atoms with Crippen LogP contribution in [0.1, 0.15) is 42.8 Å². The van der Waals surface area contributed by atoms with E-state index in [1.54, 1.807) is 7.11 Å². The summed E-state index contributed by atoms with van der Waals surface area (Å²) in [6, 6.07) is 14.8. The van der Waals surface area contributed by atoms with Gasteiger partial charge in [0.1, 0.15) is 5.75 Å². The number of ether oxygens (including phenoxy) is 1. The molecule has 29 heavy (non-hydrogen) atoms. The Balaban J connectivity index is 1.69. The van der Waals surface area contributed by atoms with Gasteiger partial charge >= 0.3 is 0 Å². The number of hydrogen-bond donors (Lipinski definition) is 2. The zero-order chi connectivity index (χ0) is 20.5. The fraction of sp³-hybridized carbons (Fsp3) is 0.478. The molecule has 156 valence electrons. The van der Waals surface area contributed by atoms with Crippen LogP contribution in [-0.2, 0) is 6.54 Å². The Bertz CT molecular complexity index is 784. The Morgan fingerprint density at radius 2 is 1.90 bits per heavy atom. The number of aromatic nitrogens is 1. The van der Waals surface area contributed by atoms with Crippen molar-refractivity contribution >= 4 is 5.96 Å². The summed E-state index contributed by atoms with van der Waals surface area (Å²) in [6.07, 6.45) is 2.53. The van der Waals surface area contributed by atoms with E-state index >= 15 is 0 Å². The second-order valence-electron chi connectivity index (χ2n) is 7.38. The van der Waals surface area contributed by atoms with E-state index in [2.05, 4.69) is 39.6 Å². The molecule has 1 saturated heterocycles. The first-order valence-electron chi connectivity index (χ1n) is 10.5. The third-order valence-corrected chi connectivity index (χ3v) is 5.23. The lowest BCUT2D eigenvalue weighted by molar-refractivity contribution is 0.245. The molecule has 1 aliphatic rings. The van der Waals surface area contributed by atoms with Gasteiger partial charge in [-0.25, -0.2) is 4.99 Å². The van der Waals surface area contributed by atoms with Crippen molar-refractivity contribution in [3.05, 3.63) is 59.4 Å². The van der Waals surface area contributed by atoms with E-state index in [9.17, 15) is 0 Å². The van der Waals surface area contributed by atoms with Gasteiger partial charge in [-0.2, -0.15) is 0 Å². The van der Waals surface area contributed by atoms with Gasteiger partial charge in [-0.15, -0.1) is 0 Å². The van der Waals surface area contributed by atoms with Crippen LogP contribution in [0.4, 0.5) is 0 Å². The van der Waals surface area contributed by atoms with Gasteiger partial charge in [0.05, 0.1) is 25.4 Å². The molecular weight excluding hydrogens is 362 g/mol. The fourth-order valence-corrected chi connectivity index (χ4v) is 3.72. The molecule has 3 rings (SSSR count). The Morgan fingerprint density at radius 1 is 1.14 bits per heavy atom. The molecule has 2 aromatic rings. The first-order chi connectivity index (χ1) is 14.2. The first kappa shape index (κ1) is 21.1. The summed E-state index contributed by atoms with van der Waals surface area (Å²) >= 11 is 0. The van der Waals surface area contributed by atoms with Crippen LogP contribution in [0.2, 0.25) is 0 Å². The molecule has 1 aromatic heterocycles. The summed E-state index contributed by atoms with van der Waals surface area (Å²) in [7, 11) is 1.71. The van der Waals surface area contributed by atoms with Crippen molar-refractivity contribution in [1.82, 2.24) is 20.5 Å². The van der Waals surface area contributed by atoms with E-state index in [0.29, 0.717) is 12.6 Å². The van der Waals surface area contributed by atoms with Gasteiger partial charge in [-0.05, 0) is 69.6 Å². The summed E-state index contributed by atoms with van der Waals surface area (Å²) in [4.78, 5) is 11.8. The van der Waals surface area contributed by atoms with Crippen molar-refractivity contribution in [1.29, 1.82) is 0 Å². The number of guanidine groups is 1. The van der Waals surface area contributed by atoms with Crippen LogP contribution in [0, 0.1) is 6.92 Å². The molecule has 0 saturated carbocycles. The van der Waals surface area contributed by atoms with Crippen molar-refractivity contribution in [2.45, 2.75) is 39.3 Å². The summed E-state index contributed by atoms with van der Waals surface area (Å²) in [5.41, 5.74) is 3.30. The highest BCUT2D eigenvalue weighted by molar-refractivity contribution is 5.79. The summed E-state index contributed by atoms with van der Waals surface area (Å²) in [5, 5.41) is 6.90. The number of aliphatic imine (C=N–C) groups is 1. The van der Waals surface area contributed by atoms with E-state index in [1.165, 1.54) is 18.4 Å². The topological polar surface area (TPSA) is 61.8 Å². The van der Waals surface area contributed by atoms with Crippen molar-refractivity contribution in [3.63, 3.8) is 0 Å². The van der Waals surface area contributed by atoms with Crippen LogP contribution >= 0.6 is 0 Å². The Kier molecular flexibility index (Phi) is 7.87. The summed E-state index contributed by atoms with van der Waals surface area (Å²) in [6.45, 7) is 8.56. The van der Waals surface area contributed by atoms with Gasteiger partial charge in [-0.3, -0.25) is 9.88 Å². The quantitative estimate of drug-likeness (QED) is 0.531. The monoisotopic (exact) mass is 395 g/mol. The van der Waals surface area contributed by atoms with E-state index in [4.69, 9.17) is 9.73 Å². The highest BCUT2D eigenvalue weighted by Gasteiger charge is 2.23. The maximum Gasteiger partial charge on any atom is 0.191 e. The average molecular weight is 396 g/mol. The lowest BCUT2D eigenvalue weighted by atomic mass is 10.1. The van der Waals surface area contributed by atoms with Gasteiger partial charge in [0.15, 0.2) is 5.96 Å². The molecule has 1 aliphatic heterocycles. The molecule has 6 nitrogen and oxygen atoms in total.